The molecular weight excluding hydrogens is 286 g/mol. The van der Waals surface area contributed by atoms with Crippen LogP contribution >= 0.6 is 12.2 Å². The Morgan fingerprint density at radius 3 is 1.50 bits per heavy atom. The van der Waals surface area contributed by atoms with E-state index in [1.807, 2.05) is 34.6 Å². The molecule has 0 bridgehead atoms. The fourth-order valence-corrected chi connectivity index (χ4v) is 2.82. The monoisotopic (exact) mass is 313 g/mol. The predicted octanol–water partition coefficient (Wildman–Crippen LogP) is 6.32. The smallest absolute Gasteiger partial charge is 0.0838 e. The maximum atomic E-state index is 5.45. The van der Waals surface area contributed by atoms with Gasteiger partial charge in [-0.15, -0.1) is 0 Å². The van der Waals surface area contributed by atoms with Gasteiger partial charge in [0, 0.05) is 11.4 Å². The van der Waals surface area contributed by atoms with Crippen molar-refractivity contribution in [2.75, 3.05) is 4.90 Å². The van der Waals surface area contributed by atoms with Crippen molar-refractivity contribution in [3.8, 4) is 0 Å². The van der Waals surface area contributed by atoms with Crippen LogP contribution < -0.4 is 4.90 Å². The van der Waals surface area contributed by atoms with Gasteiger partial charge in [0.2, 0.25) is 0 Å². The van der Waals surface area contributed by atoms with Gasteiger partial charge in [-0.1, -0.05) is 76.3 Å². The summed E-state index contributed by atoms with van der Waals surface area (Å²) in [5.41, 5.74) is 5.21. The Labute approximate surface area is 141 Å². The van der Waals surface area contributed by atoms with Gasteiger partial charge in [-0.2, -0.15) is 0 Å². The third-order valence-electron chi connectivity index (χ3n) is 3.44. The number of fused-ring (bicyclic) bond motifs is 2. The number of benzene rings is 2. The van der Waals surface area contributed by atoms with Gasteiger partial charge in [-0.3, -0.25) is 0 Å². The maximum absolute atomic E-state index is 5.45. The van der Waals surface area contributed by atoms with Crippen molar-refractivity contribution < 1.29 is 0 Å². The molecule has 1 aliphatic rings. The van der Waals surface area contributed by atoms with E-state index >= 15 is 0 Å². The third-order valence-corrected chi connectivity index (χ3v) is 3.63. The summed E-state index contributed by atoms with van der Waals surface area (Å²) in [6.45, 7) is 9.99. The van der Waals surface area contributed by atoms with E-state index in [0.717, 1.165) is 17.8 Å². The minimum atomic E-state index is 0.900. The normalized spacial score (nSPS) is 11.6. The van der Waals surface area contributed by atoms with Crippen molar-refractivity contribution in [1.82, 2.24) is 0 Å². The molecule has 0 aromatic heterocycles. The van der Waals surface area contributed by atoms with E-state index in [4.69, 9.17) is 12.2 Å². The number of thiocarbonyl (C=S) groups is 1. The minimum absolute atomic E-state index is 0.900. The molecule has 0 aliphatic carbocycles. The molecule has 0 atom stereocenters. The summed E-state index contributed by atoms with van der Waals surface area (Å²) in [6.07, 6.45) is 2.15. The molecule has 0 radical (unpaired) electrons. The van der Waals surface area contributed by atoms with Gasteiger partial charge in [-0.05, 0) is 43.0 Å². The second-order valence-electron chi connectivity index (χ2n) is 4.61. The van der Waals surface area contributed by atoms with E-state index in [9.17, 15) is 0 Å². The number of aryl methyl sites for hydroxylation is 2. The van der Waals surface area contributed by atoms with Crippen molar-refractivity contribution in [2.45, 2.75) is 47.5 Å². The lowest BCUT2D eigenvalue weighted by Crippen LogP contribution is -2.22. The zero-order valence-electron chi connectivity index (χ0n) is 14.4. The first-order chi connectivity index (χ1) is 10.8. The minimum Gasteiger partial charge on any atom is -0.304 e. The van der Waals surface area contributed by atoms with Gasteiger partial charge >= 0.3 is 0 Å². The molecule has 22 heavy (non-hydrogen) atoms. The first-order valence-corrected chi connectivity index (χ1v) is 8.65. The van der Waals surface area contributed by atoms with Crippen molar-refractivity contribution in [3.05, 3.63) is 59.7 Å². The largest absolute Gasteiger partial charge is 0.304 e. The summed E-state index contributed by atoms with van der Waals surface area (Å²) < 4.78 is 0. The number of rotatable bonds is 0. The molecule has 0 N–H and O–H groups in total. The molecular formula is C20H27NS. The van der Waals surface area contributed by atoms with E-state index < -0.39 is 0 Å². The van der Waals surface area contributed by atoms with Crippen molar-refractivity contribution in [1.29, 1.82) is 0 Å². The summed E-state index contributed by atoms with van der Waals surface area (Å²) >= 11 is 5.45. The lowest BCUT2D eigenvalue weighted by Gasteiger charge is -2.25. The van der Waals surface area contributed by atoms with Crippen LogP contribution in [0.4, 0.5) is 11.4 Å². The van der Waals surface area contributed by atoms with E-state index in [2.05, 4.69) is 53.4 Å². The summed E-state index contributed by atoms with van der Waals surface area (Å²) in [4.78, 5) is 3.10. The standard InChI is InChI=1S/C16H15NS.2C2H6/c1-12(18)17-15-8-4-2-6-13(15)10-11-14-7-3-5-9-16(14)17;2*1-2/h2-9H,10-11H2,1H3;2*1-2H3. The Bertz CT molecular complexity index is 557. The third kappa shape index (κ3) is 3.95. The summed E-state index contributed by atoms with van der Waals surface area (Å²) in [5, 5.41) is 0. The molecule has 0 unspecified atom stereocenters. The summed E-state index contributed by atoms with van der Waals surface area (Å²) in [6, 6.07) is 17.1. The first-order valence-electron chi connectivity index (χ1n) is 8.24. The lowest BCUT2D eigenvalue weighted by atomic mass is 10.0. The average molecular weight is 314 g/mol. The molecule has 3 rings (SSSR count). The summed E-state index contributed by atoms with van der Waals surface area (Å²) in [7, 11) is 0. The van der Waals surface area contributed by atoms with Gasteiger partial charge in [0.05, 0.1) is 4.99 Å². The number of para-hydroxylation sites is 2. The summed E-state index contributed by atoms with van der Waals surface area (Å²) in [5.74, 6) is 0. The predicted molar refractivity (Wildman–Crippen MR) is 103 cm³/mol. The molecule has 1 heterocycles. The van der Waals surface area contributed by atoms with Crippen LogP contribution in [-0.4, -0.2) is 4.99 Å². The molecule has 2 aromatic rings. The van der Waals surface area contributed by atoms with Gasteiger partial charge in [0.15, 0.2) is 0 Å². The molecule has 1 aliphatic heterocycles. The number of nitrogens with zero attached hydrogens (tertiary/aromatic N) is 1. The fraction of sp³-hybridized carbons (Fsp3) is 0.350. The Morgan fingerprint density at radius 2 is 1.14 bits per heavy atom. The zero-order valence-corrected chi connectivity index (χ0v) is 15.2. The van der Waals surface area contributed by atoms with E-state index in [0.29, 0.717) is 0 Å². The van der Waals surface area contributed by atoms with Crippen LogP contribution in [0.1, 0.15) is 45.7 Å². The number of anilines is 2. The highest BCUT2D eigenvalue weighted by atomic mass is 32.1. The molecule has 0 saturated carbocycles. The maximum Gasteiger partial charge on any atom is 0.0838 e. The Balaban J connectivity index is 0.000000561. The van der Waals surface area contributed by atoms with Crippen LogP contribution in [0.15, 0.2) is 48.5 Å². The van der Waals surface area contributed by atoms with E-state index in [1.165, 1.54) is 22.5 Å². The van der Waals surface area contributed by atoms with Crippen molar-refractivity contribution in [2.24, 2.45) is 0 Å². The fourth-order valence-electron chi connectivity index (χ4n) is 2.62. The number of hydrogen-bond donors (Lipinski definition) is 0. The van der Waals surface area contributed by atoms with Crippen LogP contribution in [0.2, 0.25) is 0 Å². The highest BCUT2D eigenvalue weighted by Gasteiger charge is 2.20. The average Bonchev–Trinajstić information content (AvgIpc) is 2.75. The molecule has 0 saturated heterocycles. The second-order valence-corrected chi connectivity index (χ2v) is 5.20. The van der Waals surface area contributed by atoms with Crippen LogP contribution in [-0.2, 0) is 12.8 Å². The van der Waals surface area contributed by atoms with Crippen LogP contribution in [0, 0.1) is 0 Å². The van der Waals surface area contributed by atoms with Crippen LogP contribution in [0.3, 0.4) is 0 Å². The Morgan fingerprint density at radius 1 is 0.773 bits per heavy atom. The molecule has 1 nitrogen and oxygen atoms in total. The van der Waals surface area contributed by atoms with Gasteiger partial charge in [0.1, 0.15) is 0 Å². The molecule has 0 spiro atoms. The highest BCUT2D eigenvalue weighted by Crippen LogP contribution is 2.36. The molecule has 0 amide bonds. The SMILES string of the molecule is CC.CC.CC(=S)N1c2ccccc2CCc2ccccc21. The second kappa shape index (κ2) is 9.37. The van der Waals surface area contributed by atoms with E-state index in [-0.39, 0.29) is 0 Å². The topological polar surface area (TPSA) is 3.24 Å². The molecule has 2 aromatic carbocycles. The van der Waals surface area contributed by atoms with Crippen LogP contribution in [0.25, 0.3) is 0 Å². The quantitative estimate of drug-likeness (QED) is 0.523. The molecule has 2 heteroatoms. The van der Waals surface area contributed by atoms with Gasteiger partial charge < -0.3 is 4.90 Å². The van der Waals surface area contributed by atoms with Crippen molar-refractivity contribution in [3.63, 3.8) is 0 Å². The van der Waals surface area contributed by atoms with Crippen molar-refractivity contribution >= 4 is 28.6 Å². The molecule has 0 fully saturated rings. The lowest BCUT2D eigenvalue weighted by molar-refractivity contribution is 0.977. The van der Waals surface area contributed by atoms with Crippen LogP contribution in [0.5, 0.6) is 0 Å². The van der Waals surface area contributed by atoms with E-state index in [1.54, 1.807) is 0 Å². The Hall–Kier alpha value is -1.67. The number of hydrogen-bond acceptors (Lipinski definition) is 1. The zero-order chi connectivity index (χ0) is 16.5. The van der Waals surface area contributed by atoms with Gasteiger partial charge in [-0.25, -0.2) is 0 Å². The first kappa shape index (κ1) is 18.4. The van der Waals surface area contributed by atoms with Gasteiger partial charge in [0.25, 0.3) is 0 Å². The molecule has 118 valence electrons. The highest BCUT2D eigenvalue weighted by molar-refractivity contribution is 7.80. The Kier molecular flexibility index (Phi) is 7.83.